The number of methoxy groups -OCH3 is 1. The number of nitrogens with one attached hydrogen (secondary N) is 1. The molecule has 8 nitrogen and oxygen atoms in total. The summed E-state index contributed by atoms with van der Waals surface area (Å²) in [5.74, 6) is -1.31. The number of ether oxygens (including phenoxy) is 1. The summed E-state index contributed by atoms with van der Waals surface area (Å²) in [6.07, 6.45) is 4.42. The summed E-state index contributed by atoms with van der Waals surface area (Å²) in [4.78, 5) is 49.3. The maximum absolute atomic E-state index is 13.3. The Morgan fingerprint density at radius 3 is 2.65 bits per heavy atom. The number of carbonyl (C=O) groups is 3. The lowest BCUT2D eigenvalue weighted by atomic mass is 9.90. The van der Waals surface area contributed by atoms with E-state index >= 15 is 0 Å². The Balaban J connectivity index is 1.34. The zero-order valence-electron chi connectivity index (χ0n) is 21.8. The number of carbonyl (C=O) groups excluding carboxylic acids is 3. The van der Waals surface area contributed by atoms with Gasteiger partial charge in [0.15, 0.2) is 0 Å². The number of aromatic nitrogens is 1. The number of pyridine rings is 1. The lowest BCUT2D eigenvalue weighted by molar-refractivity contribution is -0.118. The second kappa shape index (κ2) is 10.6. The number of amides is 2. The fourth-order valence-electron chi connectivity index (χ4n) is 5.31. The summed E-state index contributed by atoms with van der Waals surface area (Å²) in [6.45, 7) is 0.605. The number of aliphatic imine (C=N–C) groups is 1. The number of anilines is 2. The molecule has 0 fully saturated rings. The van der Waals surface area contributed by atoms with Crippen LogP contribution in [0.1, 0.15) is 38.5 Å². The third-order valence-electron chi connectivity index (χ3n) is 7.24. The van der Waals surface area contributed by atoms with Gasteiger partial charge in [-0.15, -0.1) is 0 Å². The molecule has 3 heterocycles. The molecule has 2 amide bonds. The van der Waals surface area contributed by atoms with E-state index in [2.05, 4.69) is 10.3 Å². The zero-order valence-corrected chi connectivity index (χ0v) is 21.8. The van der Waals surface area contributed by atoms with Gasteiger partial charge in [0.25, 0.3) is 0 Å². The molecule has 2 aliphatic heterocycles. The van der Waals surface area contributed by atoms with Crippen molar-refractivity contribution in [3.8, 4) is 0 Å². The van der Waals surface area contributed by atoms with Crippen LogP contribution in [0.2, 0.25) is 0 Å². The van der Waals surface area contributed by atoms with Gasteiger partial charge in [-0.25, -0.2) is 4.79 Å². The minimum atomic E-state index is -0.657. The molecule has 1 atom stereocenters. The van der Waals surface area contributed by atoms with Crippen molar-refractivity contribution in [1.29, 1.82) is 0 Å². The number of fused-ring (bicyclic) bond motifs is 2. The average Bonchev–Trinajstić information content (AvgIpc) is 3.56. The van der Waals surface area contributed by atoms with E-state index in [1.807, 2.05) is 65.6 Å². The summed E-state index contributed by atoms with van der Waals surface area (Å²) in [5.41, 5.74) is 6.59. The highest BCUT2D eigenvalue weighted by Crippen LogP contribution is 2.38. The van der Waals surface area contributed by atoms with E-state index in [4.69, 9.17) is 9.73 Å². The number of benzene rings is 3. The van der Waals surface area contributed by atoms with Crippen molar-refractivity contribution < 1.29 is 19.1 Å². The van der Waals surface area contributed by atoms with Crippen molar-refractivity contribution in [2.24, 2.45) is 4.99 Å². The summed E-state index contributed by atoms with van der Waals surface area (Å²) >= 11 is 0. The molecular weight excluding hydrogens is 504 g/mol. The normalized spacial score (nSPS) is 15.8. The highest BCUT2D eigenvalue weighted by molar-refractivity contribution is 6.24. The number of nitrogens with zero attached hydrogens (tertiary/aromatic N) is 3. The van der Waals surface area contributed by atoms with E-state index < -0.39 is 11.9 Å². The Hall–Kier alpha value is -5.11. The quantitative estimate of drug-likeness (QED) is 0.284. The predicted molar refractivity (Wildman–Crippen MR) is 152 cm³/mol. The Labute approximate surface area is 231 Å². The number of rotatable bonds is 6. The van der Waals surface area contributed by atoms with Crippen molar-refractivity contribution in [2.75, 3.05) is 23.9 Å². The third kappa shape index (κ3) is 4.75. The smallest absolute Gasteiger partial charge is 0.337 e. The van der Waals surface area contributed by atoms with Gasteiger partial charge in [0.1, 0.15) is 5.92 Å². The van der Waals surface area contributed by atoms with E-state index in [0.717, 1.165) is 34.4 Å². The molecule has 0 bridgehead atoms. The van der Waals surface area contributed by atoms with Crippen LogP contribution in [0.5, 0.6) is 0 Å². The first kappa shape index (κ1) is 25.2. The standard InChI is InChI=1S/C32H26N4O4/c1-40-32(39)23-9-11-25-26(18-23)35-31(38)29(25)30(21-7-3-2-4-8-21)34-24-10-12-27-22(17-24)13-15-36(27)28(37)16-20-6-5-14-33-19-20/h2-12,14,17-19,29H,13,15-16H2,1H3,(H,35,38). The van der Waals surface area contributed by atoms with Crippen molar-refractivity contribution in [2.45, 2.75) is 18.8 Å². The topological polar surface area (TPSA) is 101 Å². The molecule has 40 heavy (non-hydrogen) atoms. The van der Waals surface area contributed by atoms with Crippen molar-refractivity contribution in [3.05, 3.63) is 119 Å². The molecule has 0 spiro atoms. The van der Waals surface area contributed by atoms with Gasteiger partial charge in [-0.3, -0.25) is 19.6 Å². The molecule has 3 aromatic carbocycles. The highest BCUT2D eigenvalue weighted by atomic mass is 16.5. The van der Waals surface area contributed by atoms with Gasteiger partial charge in [0.05, 0.1) is 30.5 Å². The van der Waals surface area contributed by atoms with Crippen molar-refractivity contribution in [3.63, 3.8) is 0 Å². The monoisotopic (exact) mass is 530 g/mol. The van der Waals surface area contributed by atoms with E-state index in [1.165, 1.54) is 7.11 Å². The van der Waals surface area contributed by atoms with Gasteiger partial charge in [-0.1, -0.05) is 42.5 Å². The fourth-order valence-corrected chi connectivity index (χ4v) is 5.31. The molecule has 4 aromatic rings. The minimum absolute atomic E-state index is 0.0264. The molecule has 1 N–H and O–H groups in total. The first-order valence-corrected chi connectivity index (χ1v) is 13.0. The van der Waals surface area contributed by atoms with E-state index in [9.17, 15) is 14.4 Å². The lowest BCUT2D eigenvalue weighted by Crippen LogP contribution is -2.30. The van der Waals surface area contributed by atoms with Gasteiger partial charge in [0.2, 0.25) is 11.8 Å². The van der Waals surface area contributed by atoms with Crippen LogP contribution in [-0.2, 0) is 27.2 Å². The predicted octanol–water partition coefficient (Wildman–Crippen LogP) is 4.86. The lowest BCUT2D eigenvalue weighted by Gasteiger charge is -2.18. The van der Waals surface area contributed by atoms with Crippen LogP contribution >= 0.6 is 0 Å². The van der Waals surface area contributed by atoms with E-state index in [1.54, 1.807) is 30.6 Å². The second-order valence-corrected chi connectivity index (χ2v) is 9.73. The van der Waals surface area contributed by atoms with Crippen LogP contribution in [0.4, 0.5) is 17.1 Å². The summed E-state index contributed by atoms with van der Waals surface area (Å²) in [7, 11) is 1.32. The average molecular weight is 531 g/mol. The first-order chi connectivity index (χ1) is 19.5. The molecule has 0 saturated heterocycles. The number of hydrogen-bond donors (Lipinski definition) is 1. The maximum atomic E-state index is 13.3. The highest BCUT2D eigenvalue weighted by Gasteiger charge is 2.36. The third-order valence-corrected chi connectivity index (χ3v) is 7.24. The van der Waals surface area contributed by atoms with Gasteiger partial charge >= 0.3 is 5.97 Å². The molecular formula is C32H26N4O4. The second-order valence-electron chi connectivity index (χ2n) is 9.73. The van der Waals surface area contributed by atoms with Crippen LogP contribution in [0, 0.1) is 0 Å². The molecule has 198 valence electrons. The molecule has 0 saturated carbocycles. The molecule has 2 aliphatic rings. The van der Waals surface area contributed by atoms with Crippen LogP contribution < -0.4 is 10.2 Å². The number of hydrogen-bond acceptors (Lipinski definition) is 6. The van der Waals surface area contributed by atoms with E-state index in [-0.39, 0.29) is 11.8 Å². The Kier molecular flexibility index (Phi) is 6.66. The van der Waals surface area contributed by atoms with Gasteiger partial charge in [0, 0.05) is 30.3 Å². The molecule has 8 heteroatoms. The summed E-state index contributed by atoms with van der Waals surface area (Å²) < 4.78 is 4.83. The van der Waals surface area contributed by atoms with Crippen LogP contribution in [0.25, 0.3) is 0 Å². The Morgan fingerprint density at radius 1 is 1.02 bits per heavy atom. The molecule has 1 aromatic heterocycles. The Bertz CT molecular complexity index is 1650. The van der Waals surface area contributed by atoms with Crippen molar-refractivity contribution >= 4 is 40.6 Å². The van der Waals surface area contributed by atoms with Gasteiger partial charge < -0.3 is 15.0 Å². The fraction of sp³-hybridized carbons (Fsp3) is 0.156. The molecule has 1 unspecified atom stereocenters. The van der Waals surface area contributed by atoms with Crippen molar-refractivity contribution in [1.82, 2.24) is 4.98 Å². The van der Waals surface area contributed by atoms with Crippen LogP contribution in [0.3, 0.4) is 0 Å². The summed E-state index contributed by atoms with van der Waals surface area (Å²) in [5, 5.41) is 2.91. The van der Waals surface area contributed by atoms with Crippen LogP contribution in [-0.4, -0.2) is 42.1 Å². The SMILES string of the molecule is COC(=O)c1ccc2c(c1)NC(=O)C2C(=Nc1ccc2c(c1)CCN2C(=O)Cc1cccnc1)c1ccccc1. The molecule has 0 radical (unpaired) electrons. The van der Waals surface area contributed by atoms with E-state index in [0.29, 0.717) is 35.6 Å². The summed E-state index contributed by atoms with van der Waals surface area (Å²) in [6, 6.07) is 24.2. The van der Waals surface area contributed by atoms with Gasteiger partial charge in [-0.2, -0.15) is 0 Å². The molecule has 0 aliphatic carbocycles. The Morgan fingerprint density at radius 2 is 1.88 bits per heavy atom. The minimum Gasteiger partial charge on any atom is -0.465 e. The number of esters is 1. The maximum Gasteiger partial charge on any atom is 0.337 e. The van der Waals surface area contributed by atoms with Crippen LogP contribution in [0.15, 0.2) is 96.2 Å². The van der Waals surface area contributed by atoms with Gasteiger partial charge in [-0.05, 0) is 65.1 Å². The largest absolute Gasteiger partial charge is 0.465 e. The first-order valence-electron chi connectivity index (χ1n) is 13.0. The molecule has 6 rings (SSSR count). The zero-order chi connectivity index (χ0) is 27.6.